The van der Waals surface area contributed by atoms with E-state index in [-0.39, 0.29) is 27.7 Å². The van der Waals surface area contributed by atoms with E-state index in [0.29, 0.717) is 10.0 Å². The molecule has 0 aliphatic rings. The molecule has 0 bridgehead atoms. The molecule has 2 aromatic rings. The molecule has 1 aromatic carbocycles. The molecule has 33 heavy (non-hydrogen) atoms. The van der Waals surface area contributed by atoms with Crippen molar-refractivity contribution in [1.29, 1.82) is 5.26 Å². The average Bonchev–Trinajstić information content (AvgIpc) is 2.81. The van der Waals surface area contributed by atoms with E-state index in [1.54, 1.807) is 19.1 Å². The second-order valence-electron chi connectivity index (χ2n) is 6.23. The zero-order valence-electron chi connectivity index (χ0n) is 17.5. The second-order valence-corrected chi connectivity index (χ2v) is 7.55. The van der Waals surface area contributed by atoms with Gasteiger partial charge in [-0.2, -0.15) is 5.26 Å². The van der Waals surface area contributed by atoms with Crippen LogP contribution in [0, 0.1) is 18.3 Å². The molecule has 170 valence electrons. The normalized spacial score (nSPS) is 10.5. The quantitative estimate of drug-likeness (QED) is 0.385. The van der Waals surface area contributed by atoms with Crippen molar-refractivity contribution in [2.45, 2.75) is 6.92 Å². The number of pyridine rings is 1. The molecule has 2 rings (SSSR count). The van der Waals surface area contributed by atoms with Crippen molar-refractivity contribution in [1.82, 2.24) is 15.8 Å². The maximum absolute atomic E-state index is 13.2. The highest BCUT2D eigenvalue weighted by Crippen LogP contribution is 2.28. The Bertz CT molecular complexity index is 1180. The first-order valence-electron chi connectivity index (χ1n) is 9.11. The van der Waals surface area contributed by atoms with Crippen molar-refractivity contribution in [3.05, 3.63) is 75.5 Å². The average molecular weight is 534 g/mol. The zero-order chi connectivity index (χ0) is 24.5. The van der Waals surface area contributed by atoms with Gasteiger partial charge in [0.15, 0.2) is 5.82 Å². The predicted octanol–water partition coefficient (Wildman–Crippen LogP) is 4.38. The smallest absolute Gasteiger partial charge is 0.425 e. The van der Waals surface area contributed by atoms with Crippen LogP contribution in [-0.2, 0) is 4.74 Å². The molecule has 4 amide bonds. The number of aromatic nitrogens is 1. The molecule has 0 atom stereocenters. The van der Waals surface area contributed by atoms with Gasteiger partial charge in [-0.15, -0.1) is 0 Å². The summed E-state index contributed by atoms with van der Waals surface area (Å²) in [6.07, 6.45) is 3.41. The Kier molecular flexibility index (Phi) is 8.97. The number of nitriles is 1. The van der Waals surface area contributed by atoms with Gasteiger partial charge in [-0.1, -0.05) is 24.3 Å². The summed E-state index contributed by atoms with van der Waals surface area (Å²) >= 11 is 9.49. The summed E-state index contributed by atoms with van der Waals surface area (Å²) < 4.78 is 4.86. The van der Waals surface area contributed by atoms with Crippen LogP contribution in [-0.4, -0.2) is 30.1 Å². The molecule has 0 aliphatic heterocycles. The number of amides is 4. The van der Waals surface area contributed by atoms with E-state index in [0.717, 1.165) is 12.0 Å². The van der Waals surface area contributed by atoms with Crippen molar-refractivity contribution in [3.63, 3.8) is 0 Å². The van der Waals surface area contributed by atoms with Crippen LogP contribution in [0.2, 0.25) is 5.02 Å². The monoisotopic (exact) mass is 532 g/mol. The number of nitrogens with zero attached hydrogens (tertiary/aromatic N) is 3. The number of hydrogen-bond donors (Lipinski definition) is 3. The third kappa shape index (κ3) is 6.55. The fraction of sp³-hybridized carbons (Fsp3) is 0.0952. The summed E-state index contributed by atoms with van der Waals surface area (Å²) in [6, 6.07) is 7.16. The number of nitrogens with one attached hydrogen (secondary N) is 3. The van der Waals surface area contributed by atoms with Crippen LogP contribution in [0.15, 0.2) is 53.8 Å². The minimum absolute atomic E-state index is 0.0739. The minimum atomic E-state index is -0.905. The van der Waals surface area contributed by atoms with Crippen molar-refractivity contribution in [2.24, 2.45) is 0 Å². The Morgan fingerprint density at radius 1 is 1.33 bits per heavy atom. The van der Waals surface area contributed by atoms with Crippen LogP contribution in [0.3, 0.4) is 0 Å². The van der Waals surface area contributed by atoms with Crippen LogP contribution < -0.4 is 21.1 Å². The van der Waals surface area contributed by atoms with E-state index in [1.807, 2.05) is 11.5 Å². The number of carbonyl (C=O) groups excluding carboxylic acids is 3. The predicted molar refractivity (Wildman–Crippen MR) is 127 cm³/mol. The number of hydrazine groups is 1. The lowest BCUT2D eigenvalue weighted by atomic mass is 10.0. The molecule has 0 unspecified atom stereocenters. The van der Waals surface area contributed by atoms with E-state index in [1.165, 1.54) is 30.6 Å². The molecule has 10 nitrogen and oxygen atoms in total. The molecular formula is C21H18BrClN6O4. The molecule has 1 heterocycles. The summed E-state index contributed by atoms with van der Waals surface area (Å²) in [5.41, 5.74) is 4.81. The highest BCUT2D eigenvalue weighted by Gasteiger charge is 2.23. The van der Waals surface area contributed by atoms with Crippen LogP contribution >= 0.6 is 27.5 Å². The Morgan fingerprint density at radius 2 is 2.06 bits per heavy atom. The third-order valence-electron chi connectivity index (χ3n) is 4.04. The SMILES string of the molecule is C=C/C(Br)=C\N(C(=O)Nc1c(C)cc(C#N)cc1C(=O)NNC(=O)OC)c1ncccc1Cl. The number of aryl methyl sites for hydroxylation is 1. The number of allylic oxidation sites excluding steroid dienone is 2. The fourth-order valence-electron chi connectivity index (χ4n) is 2.54. The molecule has 12 heteroatoms. The van der Waals surface area contributed by atoms with Crippen molar-refractivity contribution >= 4 is 57.1 Å². The molecule has 0 spiro atoms. The van der Waals surface area contributed by atoms with Gasteiger partial charge in [0.25, 0.3) is 5.91 Å². The highest BCUT2D eigenvalue weighted by molar-refractivity contribution is 9.11. The van der Waals surface area contributed by atoms with Gasteiger partial charge in [0.05, 0.1) is 35.0 Å². The first-order chi connectivity index (χ1) is 15.7. The maximum atomic E-state index is 13.2. The number of ether oxygens (including phenoxy) is 1. The standard InChI is InChI=1S/C21H18BrClN6O4/c1-4-14(22)11-29(18-16(23)6-5-7-25-18)20(31)26-17-12(2)8-13(10-24)9-15(17)19(30)27-28-21(32)33-3/h4-9,11H,1H2,2-3H3,(H,26,31)(H,27,30)(H,28,32)/b14-11+. The molecule has 0 radical (unpaired) electrons. The summed E-state index contributed by atoms with van der Waals surface area (Å²) in [4.78, 5) is 42.5. The number of rotatable bonds is 5. The number of methoxy groups -OCH3 is 1. The number of carbonyl (C=O) groups is 3. The number of hydrogen-bond acceptors (Lipinski definition) is 6. The van der Waals surface area contributed by atoms with Crippen LogP contribution in [0.4, 0.5) is 21.1 Å². The Balaban J connectivity index is 2.50. The van der Waals surface area contributed by atoms with E-state index >= 15 is 0 Å². The summed E-state index contributed by atoms with van der Waals surface area (Å²) in [6.45, 7) is 5.24. The fourth-order valence-corrected chi connectivity index (χ4v) is 2.95. The van der Waals surface area contributed by atoms with Crippen molar-refractivity contribution in [3.8, 4) is 6.07 Å². The van der Waals surface area contributed by atoms with Gasteiger partial charge >= 0.3 is 12.1 Å². The summed E-state index contributed by atoms with van der Waals surface area (Å²) in [5.74, 6) is -0.666. The molecule has 0 saturated carbocycles. The zero-order valence-corrected chi connectivity index (χ0v) is 19.8. The summed E-state index contributed by atoms with van der Waals surface area (Å²) in [7, 11) is 1.12. The first kappa shape index (κ1) is 25.4. The lowest BCUT2D eigenvalue weighted by Gasteiger charge is -2.22. The van der Waals surface area contributed by atoms with E-state index in [2.05, 4.69) is 43.0 Å². The second kappa shape index (κ2) is 11.7. The highest BCUT2D eigenvalue weighted by atomic mass is 79.9. The molecule has 0 fully saturated rings. The van der Waals surface area contributed by atoms with Crippen LogP contribution in [0.5, 0.6) is 0 Å². The Hall–Kier alpha value is -3.88. The van der Waals surface area contributed by atoms with Gasteiger partial charge in [0.2, 0.25) is 0 Å². The lowest BCUT2D eigenvalue weighted by Crippen LogP contribution is -2.42. The van der Waals surface area contributed by atoms with Gasteiger partial charge < -0.3 is 10.1 Å². The minimum Gasteiger partial charge on any atom is -0.452 e. The number of anilines is 2. The number of urea groups is 1. The molecule has 1 aromatic heterocycles. The van der Waals surface area contributed by atoms with E-state index < -0.39 is 18.0 Å². The van der Waals surface area contributed by atoms with Crippen molar-refractivity contribution < 1.29 is 19.1 Å². The third-order valence-corrected chi connectivity index (χ3v) is 4.86. The molecule has 0 saturated heterocycles. The molecule has 0 aliphatic carbocycles. The Morgan fingerprint density at radius 3 is 2.67 bits per heavy atom. The first-order valence-corrected chi connectivity index (χ1v) is 10.3. The van der Waals surface area contributed by atoms with E-state index in [4.69, 9.17) is 11.6 Å². The topological polar surface area (TPSA) is 136 Å². The molecular weight excluding hydrogens is 516 g/mol. The lowest BCUT2D eigenvalue weighted by molar-refractivity contribution is 0.0921. The van der Waals surface area contributed by atoms with Gasteiger partial charge in [-0.25, -0.2) is 20.0 Å². The van der Waals surface area contributed by atoms with E-state index in [9.17, 15) is 19.6 Å². The number of halogens is 2. The summed E-state index contributed by atoms with van der Waals surface area (Å²) in [5, 5.41) is 12.1. The van der Waals surface area contributed by atoms with Crippen LogP contribution in [0.25, 0.3) is 0 Å². The van der Waals surface area contributed by atoms with Gasteiger partial charge in [-0.05, 0) is 52.7 Å². The van der Waals surface area contributed by atoms with Crippen molar-refractivity contribution in [2.75, 3.05) is 17.3 Å². The van der Waals surface area contributed by atoms with Gasteiger partial charge in [0.1, 0.15) is 0 Å². The largest absolute Gasteiger partial charge is 0.452 e. The van der Waals surface area contributed by atoms with Gasteiger partial charge in [0, 0.05) is 16.9 Å². The van der Waals surface area contributed by atoms with Crippen LogP contribution in [0.1, 0.15) is 21.5 Å². The van der Waals surface area contributed by atoms with Gasteiger partial charge in [-0.3, -0.25) is 15.1 Å². The maximum Gasteiger partial charge on any atom is 0.425 e. The number of benzene rings is 1. The Labute approximate surface area is 203 Å². The molecule has 3 N–H and O–H groups in total.